The van der Waals surface area contributed by atoms with Crippen LogP contribution in [0, 0.1) is 6.92 Å². The number of ether oxygens (including phenoxy) is 1. The highest BCUT2D eigenvalue weighted by Crippen LogP contribution is 2.15. The number of amides is 1. The highest BCUT2D eigenvalue weighted by atomic mass is 79.9. The van der Waals surface area contributed by atoms with Gasteiger partial charge in [0.2, 0.25) is 0 Å². The van der Waals surface area contributed by atoms with E-state index in [0.717, 1.165) is 23.1 Å². The molecule has 1 heterocycles. The monoisotopic (exact) mass is 385 g/mol. The molecule has 1 aromatic heterocycles. The number of hydrogen-bond acceptors (Lipinski definition) is 3. The molecule has 7 heteroatoms. The third kappa shape index (κ3) is 5.35. The molecule has 0 atom stereocenters. The number of nitrogens with zero attached hydrogens (tertiary/aromatic N) is 2. The van der Waals surface area contributed by atoms with Gasteiger partial charge in [-0.2, -0.15) is 5.10 Å². The molecule has 0 aliphatic carbocycles. The zero-order valence-corrected chi connectivity index (χ0v) is 14.5. The first-order chi connectivity index (χ1) is 10.5. The molecule has 0 radical (unpaired) electrons. The fourth-order valence-electron chi connectivity index (χ4n) is 1.81. The maximum Gasteiger partial charge on any atom is 0.257 e. The summed E-state index contributed by atoms with van der Waals surface area (Å²) in [6, 6.07) is 6.90. The third-order valence-electron chi connectivity index (χ3n) is 2.96. The van der Waals surface area contributed by atoms with Crippen molar-refractivity contribution in [1.82, 2.24) is 15.1 Å². The summed E-state index contributed by atoms with van der Waals surface area (Å²) in [7, 11) is 0. The Morgan fingerprint density at radius 3 is 2.77 bits per heavy atom. The largest absolute Gasteiger partial charge is 0.484 e. The average Bonchev–Trinajstić information content (AvgIpc) is 2.82. The second-order valence-electron chi connectivity index (χ2n) is 4.77. The van der Waals surface area contributed by atoms with Crippen LogP contribution in [-0.2, 0) is 11.3 Å². The molecule has 22 heavy (non-hydrogen) atoms. The Labute approximate surface area is 142 Å². The molecule has 0 fully saturated rings. The van der Waals surface area contributed by atoms with Crippen LogP contribution >= 0.6 is 27.5 Å². The summed E-state index contributed by atoms with van der Waals surface area (Å²) in [5.74, 6) is 0.476. The van der Waals surface area contributed by atoms with E-state index >= 15 is 0 Å². The first kappa shape index (κ1) is 16.8. The fourth-order valence-corrected chi connectivity index (χ4v) is 2.25. The van der Waals surface area contributed by atoms with Gasteiger partial charge < -0.3 is 10.1 Å². The Kier molecular flexibility index (Phi) is 6.27. The minimum atomic E-state index is -0.146. The topological polar surface area (TPSA) is 56.2 Å². The van der Waals surface area contributed by atoms with Crippen molar-refractivity contribution in [3.8, 4) is 5.75 Å². The minimum absolute atomic E-state index is 0.00589. The number of hydrogen-bond donors (Lipinski definition) is 1. The van der Waals surface area contributed by atoms with Crippen LogP contribution in [-0.4, -0.2) is 28.8 Å². The minimum Gasteiger partial charge on any atom is -0.484 e. The van der Waals surface area contributed by atoms with Crippen LogP contribution < -0.4 is 10.1 Å². The summed E-state index contributed by atoms with van der Waals surface area (Å²) in [4.78, 5) is 11.7. The molecule has 2 rings (SSSR count). The predicted molar refractivity (Wildman–Crippen MR) is 89.2 cm³/mol. The van der Waals surface area contributed by atoms with Gasteiger partial charge in [-0.05, 0) is 53.5 Å². The summed E-state index contributed by atoms with van der Waals surface area (Å²) in [5.41, 5.74) is 0.959. The molecule has 1 amide bonds. The van der Waals surface area contributed by atoms with E-state index in [-0.39, 0.29) is 12.5 Å². The van der Waals surface area contributed by atoms with Crippen LogP contribution in [0.2, 0.25) is 5.02 Å². The van der Waals surface area contributed by atoms with Crippen molar-refractivity contribution >= 4 is 33.4 Å². The molecule has 5 nitrogen and oxygen atoms in total. The first-order valence-corrected chi connectivity index (χ1v) is 8.06. The predicted octanol–water partition coefficient (Wildman–Crippen LogP) is 3.19. The molecule has 0 aliphatic rings. The summed E-state index contributed by atoms with van der Waals surface area (Å²) in [6.07, 6.45) is 2.74. The summed E-state index contributed by atoms with van der Waals surface area (Å²) in [5, 5.41) is 7.78. The summed E-state index contributed by atoms with van der Waals surface area (Å²) < 4.78 is 8.21. The smallest absolute Gasteiger partial charge is 0.257 e. The van der Waals surface area contributed by atoms with Crippen LogP contribution in [0.15, 0.2) is 34.9 Å². The van der Waals surface area contributed by atoms with Crippen LogP contribution in [0.1, 0.15) is 12.1 Å². The number of nitrogens with one attached hydrogen (secondary N) is 1. The Balaban J connectivity index is 1.62. The van der Waals surface area contributed by atoms with Crippen LogP contribution in [0.3, 0.4) is 0 Å². The van der Waals surface area contributed by atoms with Gasteiger partial charge in [-0.15, -0.1) is 0 Å². The molecule has 0 aliphatic heterocycles. The second-order valence-corrected chi connectivity index (χ2v) is 6.06. The van der Waals surface area contributed by atoms with Gasteiger partial charge in [0.1, 0.15) is 5.75 Å². The Morgan fingerprint density at radius 2 is 2.14 bits per heavy atom. The molecule has 0 bridgehead atoms. The molecule has 0 saturated carbocycles. The molecule has 1 aromatic carbocycles. The van der Waals surface area contributed by atoms with E-state index in [1.54, 1.807) is 24.3 Å². The molecule has 0 saturated heterocycles. The van der Waals surface area contributed by atoms with Gasteiger partial charge in [-0.3, -0.25) is 9.48 Å². The standard InChI is InChI=1S/C15H17BrClN3O2/c1-11-14(16)9-20(19-11)8-2-7-18-15(21)10-22-13-5-3-12(17)4-6-13/h3-6,9H,2,7-8,10H2,1H3,(H,18,21). The van der Waals surface area contributed by atoms with Gasteiger partial charge in [0.15, 0.2) is 6.61 Å². The molecular weight excluding hydrogens is 370 g/mol. The fraction of sp³-hybridized carbons (Fsp3) is 0.333. The zero-order valence-electron chi connectivity index (χ0n) is 12.2. The molecule has 1 N–H and O–H groups in total. The van der Waals surface area contributed by atoms with Gasteiger partial charge in [0.25, 0.3) is 5.91 Å². The molecular formula is C15H17BrClN3O2. The van der Waals surface area contributed by atoms with E-state index in [1.807, 2.05) is 17.8 Å². The van der Waals surface area contributed by atoms with Gasteiger partial charge in [-0.25, -0.2) is 0 Å². The van der Waals surface area contributed by atoms with E-state index in [0.29, 0.717) is 17.3 Å². The second kappa shape index (κ2) is 8.19. The maximum atomic E-state index is 11.7. The van der Waals surface area contributed by atoms with E-state index in [2.05, 4.69) is 26.3 Å². The van der Waals surface area contributed by atoms with Crippen molar-refractivity contribution in [2.24, 2.45) is 0 Å². The number of carbonyl (C=O) groups is 1. The normalized spacial score (nSPS) is 10.5. The van der Waals surface area contributed by atoms with Crippen molar-refractivity contribution in [3.05, 3.63) is 45.7 Å². The molecule has 118 valence electrons. The molecule has 0 unspecified atom stereocenters. The lowest BCUT2D eigenvalue weighted by molar-refractivity contribution is -0.123. The quantitative estimate of drug-likeness (QED) is 0.744. The van der Waals surface area contributed by atoms with E-state index in [9.17, 15) is 4.79 Å². The number of benzene rings is 1. The molecule has 0 spiro atoms. The van der Waals surface area contributed by atoms with Crippen molar-refractivity contribution < 1.29 is 9.53 Å². The average molecular weight is 387 g/mol. The Hall–Kier alpha value is -1.53. The van der Waals surface area contributed by atoms with Crippen molar-refractivity contribution in [3.63, 3.8) is 0 Å². The SMILES string of the molecule is Cc1nn(CCCNC(=O)COc2ccc(Cl)cc2)cc1Br. The lowest BCUT2D eigenvalue weighted by atomic mass is 10.3. The molecule has 2 aromatic rings. The highest BCUT2D eigenvalue weighted by Gasteiger charge is 2.04. The van der Waals surface area contributed by atoms with Crippen LogP contribution in [0.5, 0.6) is 5.75 Å². The third-order valence-corrected chi connectivity index (χ3v) is 3.99. The summed E-state index contributed by atoms with van der Waals surface area (Å²) >= 11 is 9.19. The van der Waals surface area contributed by atoms with Crippen LogP contribution in [0.25, 0.3) is 0 Å². The lowest BCUT2D eigenvalue weighted by Crippen LogP contribution is -2.30. The summed E-state index contributed by atoms with van der Waals surface area (Å²) in [6.45, 7) is 3.27. The van der Waals surface area contributed by atoms with E-state index in [4.69, 9.17) is 16.3 Å². The van der Waals surface area contributed by atoms with Crippen molar-refractivity contribution in [2.45, 2.75) is 19.9 Å². The van der Waals surface area contributed by atoms with E-state index in [1.165, 1.54) is 0 Å². The number of rotatable bonds is 7. The lowest BCUT2D eigenvalue weighted by Gasteiger charge is -2.07. The van der Waals surface area contributed by atoms with Gasteiger partial charge in [-0.1, -0.05) is 11.6 Å². The first-order valence-electron chi connectivity index (χ1n) is 6.89. The number of halogens is 2. The Morgan fingerprint density at radius 1 is 1.41 bits per heavy atom. The Bertz CT molecular complexity index is 609. The zero-order chi connectivity index (χ0) is 15.9. The van der Waals surface area contributed by atoms with Crippen LogP contribution in [0.4, 0.5) is 0 Å². The highest BCUT2D eigenvalue weighted by molar-refractivity contribution is 9.10. The van der Waals surface area contributed by atoms with Gasteiger partial charge >= 0.3 is 0 Å². The number of aryl methyl sites for hydroxylation is 2. The number of aromatic nitrogens is 2. The van der Waals surface area contributed by atoms with E-state index < -0.39 is 0 Å². The van der Waals surface area contributed by atoms with Gasteiger partial charge in [0, 0.05) is 24.3 Å². The number of carbonyl (C=O) groups excluding carboxylic acids is 1. The maximum absolute atomic E-state index is 11.7. The van der Waals surface area contributed by atoms with Crippen molar-refractivity contribution in [1.29, 1.82) is 0 Å². The van der Waals surface area contributed by atoms with Crippen molar-refractivity contribution in [2.75, 3.05) is 13.2 Å². The van der Waals surface area contributed by atoms with Gasteiger partial charge in [0.05, 0.1) is 10.2 Å².